The molecule has 0 aromatic heterocycles. The van der Waals surface area contributed by atoms with Crippen molar-refractivity contribution < 1.29 is 13.0 Å². The summed E-state index contributed by atoms with van der Waals surface area (Å²) < 4.78 is 29.1. The molecule has 0 amide bonds. The average molecular weight is 190 g/mol. The van der Waals surface area contributed by atoms with Gasteiger partial charge in [0.25, 0.3) is 10.1 Å². The normalized spacial score (nSPS) is 11.3. The molecule has 5 heteroatoms. The maximum atomic E-state index is 10.3. The van der Waals surface area contributed by atoms with E-state index in [1.807, 2.05) is 13.8 Å². The van der Waals surface area contributed by atoms with E-state index in [1.165, 1.54) is 0 Å². The maximum absolute atomic E-state index is 10.3. The van der Waals surface area contributed by atoms with Crippen molar-refractivity contribution in [2.75, 3.05) is 5.75 Å². The van der Waals surface area contributed by atoms with Crippen LogP contribution in [0.15, 0.2) is 0 Å². The van der Waals surface area contributed by atoms with Crippen LogP contribution in [0.25, 0.3) is 0 Å². The van der Waals surface area contributed by atoms with Crippen LogP contribution in [0.4, 0.5) is 0 Å². The van der Waals surface area contributed by atoms with Crippen molar-refractivity contribution in [1.82, 2.24) is 0 Å². The molecule has 0 aliphatic heterocycles. The summed E-state index contributed by atoms with van der Waals surface area (Å²) in [5, 5.41) is 0. The molecule has 0 aliphatic rings. The van der Waals surface area contributed by atoms with Gasteiger partial charge in [-0.05, 0) is 5.92 Å². The Balaban J connectivity index is 0. The van der Waals surface area contributed by atoms with Gasteiger partial charge in [0.05, 0.1) is 5.75 Å². The van der Waals surface area contributed by atoms with E-state index in [0.29, 0.717) is 0 Å². The van der Waals surface area contributed by atoms with Gasteiger partial charge in [-0.1, -0.05) is 26.7 Å². The van der Waals surface area contributed by atoms with Crippen LogP contribution in [-0.2, 0) is 10.1 Å². The van der Waals surface area contributed by atoms with Crippen molar-refractivity contribution in [3.05, 3.63) is 0 Å². The van der Waals surface area contributed by atoms with E-state index in [0.717, 1.165) is 12.8 Å². The Bertz CT molecular complexity index is 172. The van der Waals surface area contributed by atoms with Crippen molar-refractivity contribution in [3.63, 3.8) is 0 Å². The van der Waals surface area contributed by atoms with Crippen LogP contribution in [0.5, 0.6) is 0 Å². The molecule has 0 unspecified atom stereocenters. The minimum absolute atomic E-state index is 0. The summed E-state index contributed by atoms with van der Waals surface area (Å²) in [6.45, 7) is 3.83. The summed E-state index contributed by atoms with van der Waals surface area (Å²) in [5.41, 5.74) is 0. The molecular weight excluding hydrogens is 175 g/mol. The van der Waals surface area contributed by atoms with Crippen LogP contribution >= 0.6 is 0 Å². The SMILES string of the molecule is CCC(CC)CS(=O)(=O)O.[NaH]. The summed E-state index contributed by atoms with van der Waals surface area (Å²) in [5.74, 6) is 0.00926. The Morgan fingerprint density at radius 2 is 1.64 bits per heavy atom. The Morgan fingerprint density at radius 1 is 1.27 bits per heavy atom. The summed E-state index contributed by atoms with van der Waals surface area (Å²) in [7, 11) is -3.75. The molecule has 0 fully saturated rings. The number of rotatable bonds is 4. The molecule has 64 valence electrons. The first-order chi connectivity index (χ1) is 4.49. The number of hydrogen-bond donors (Lipinski definition) is 1. The minimum atomic E-state index is -3.75. The van der Waals surface area contributed by atoms with Crippen molar-refractivity contribution in [2.24, 2.45) is 5.92 Å². The van der Waals surface area contributed by atoms with Crippen molar-refractivity contribution >= 4 is 39.7 Å². The summed E-state index contributed by atoms with van der Waals surface area (Å²) in [6, 6.07) is 0. The van der Waals surface area contributed by atoms with Crippen LogP contribution < -0.4 is 0 Å². The quantitative estimate of drug-likeness (QED) is 0.523. The third kappa shape index (κ3) is 8.82. The van der Waals surface area contributed by atoms with Gasteiger partial charge < -0.3 is 0 Å². The molecule has 0 aliphatic carbocycles. The van der Waals surface area contributed by atoms with E-state index in [9.17, 15) is 8.42 Å². The van der Waals surface area contributed by atoms with E-state index in [-0.39, 0.29) is 41.2 Å². The molecule has 0 bridgehead atoms. The summed E-state index contributed by atoms with van der Waals surface area (Å²) >= 11 is 0. The fourth-order valence-electron chi connectivity index (χ4n) is 0.822. The zero-order valence-electron chi connectivity index (χ0n) is 6.37. The van der Waals surface area contributed by atoms with Crippen LogP contribution in [0, 0.1) is 5.92 Å². The first-order valence-electron chi connectivity index (χ1n) is 3.44. The monoisotopic (exact) mass is 190 g/mol. The molecule has 1 N–H and O–H groups in total. The van der Waals surface area contributed by atoms with Gasteiger partial charge in [0.2, 0.25) is 0 Å². The molecule has 0 saturated heterocycles. The average Bonchev–Trinajstić information content (AvgIpc) is 1.81. The molecule has 0 aromatic rings. The molecule has 0 spiro atoms. The van der Waals surface area contributed by atoms with Gasteiger partial charge in [-0.25, -0.2) is 0 Å². The second kappa shape index (κ2) is 6.43. The zero-order valence-corrected chi connectivity index (χ0v) is 7.19. The fraction of sp³-hybridized carbons (Fsp3) is 1.00. The van der Waals surface area contributed by atoms with Crippen LogP contribution in [0.1, 0.15) is 26.7 Å². The van der Waals surface area contributed by atoms with Crippen LogP contribution in [0.3, 0.4) is 0 Å². The van der Waals surface area contributed by atoms with E-state index < -0.39 is 10.1 Å². The molecule has 11 heavy (non-hydrogen) atoms. The fourth-order valence-corrected chi connectivity index (χ4v) is 1.89. The van der Waals surface area contributed by atoms with Crippen molar-refractivity contribution in [3.8, 4) is 0 Å². The van der Waals surface area contributed by atoms with Gasteiger partial charge in [-0.15, -0.1) is 0 Å². The molecule has 0 rings (SSSR count). The van der Waals surface area contributed by atoms with Gasteiger partial charge in [0.15, 0.2) is 0 Å². The zero-order chi connectivity index (χ0) is 8.20. The first kappa shape index (κ1) is 14.4. The molecule has 0 radical (unpaired) electrons. The molecular formula is C6H15NaO3S. The van der Waals surface area contributed by atoms with Crippen LogP contribution in [0.2, 0.25) is 0 Å². The molecule has 0 aromatic carbocycles. The van der Waals surface area contributed by atoms with Crippen molar-refractivity contribution in [1.29, 1.82) is 0 Å². The number of hydrogen-bond acceptors (Lipinski definition) is 2. The Morgan fingerprint density at radius 3 is 1.73 bits per heavy atom. The summed E-state index contributed by atoms with van der Waals surface area (Å²) in [4.78, 5) is 0. The first-order valence-corrected chi connectivity index (χ1v) is 5.05. The van der Waals surface area contributed by atoms with E-state index in [2.05, 4.69) is 0 Å². The second-order valence-electron chi connectivity index (χ2n) is 2.43. The molecule has 0 atom stereocenters. The molecule has 0 heterocycles. The van der Waals surface area contributed by atoms with Crippen molar-refractivity contribution in [2.45, 2.75) is 26.7 Å². The van der Waals surface area contributed by atoms with Gasteiger partial charge in [0, 0.05) is 0 Å². The third-order valence-electron chi connectivity index (χ3n) is 1.60. The Hall–Kier alpha value is 0.910. The molecule has 3 nitrogen and oxygen atoms in total. The van der Waals surface area contributed by atoms with E-state index in [4.69, 9.17) is 4.55 Å². The third-order valence-corrected chi connectivity index (χ3v) is 2.49. The predicted octanol–water partition coefficient (Wildman–Crippen LogP) is 0.662. The van der Waals surface area contributed by atoms with E-state index in [1.54, 1.807) is 0 Å². The van der Waals surface area contributed by atoms with Gasteiger partial charge in [0.1, 0.15) is 0 Å². The van der Waals surface area contributed by atoms with Crippen LogP contribution in [-0.4, -0.2) is 48.3 Å². The molecule has 0 saturated carbocycles. The predicted molar refractivity (Wildman–Crippen MR) is 47.6 cm³/mol. The topological polar surface area (TPSA) is 54.4 Å². The van der Waals surface area contributed by atoms with Gasteiger partial charge in [-0.3, -0.25) is 4.55 Å². The van der Waals surface area contributed by atoms with Gasteiger partial charge >= 0.3 is 29.6 Å². The second-order valence-corrected chi connectivity index (χ2v) is 3.93. The van der Waals surface area contributed by atoms with Gasteiger partial charge in [-0.2, -0.15) is 8.42 Å². The standard InChI is InChI=1S/C6H14O3S.Na.H/c1-3-6(4-2)5-10(7,8)9;;/h6H,3-5H2,1-2H3,(H,7,8,9);;. The van der Waals surface area contributed by atoms with E-state index >= 15 is 0 Å². The Labute approximate surface area is 90.6 Å². The Kier molecular flexibility index (Phi) is 8.44. The summed E-state index contributed by atoms with van der Waals surface area (Å²) in [6.07, 6.45) is 1.60.